The first-order chi connectivity index (χ1) is 6.91. The van der Waals surface area contributed by atoms with Crippen molar-refractivity contribution in [3.05, 3.63) is 22.3 Å². The van der Waals surface area contributed by atoms with E-state index in [0.29, 0.717) is 0 Å². The van der Waals surface area contributed by atoms with Gasteiger partial charge in [0.2, 0.25) is 0 Å². The van der Waals surface area contributed by atoms with Crippen molar-refractivity contribution in [2.45, 2.75) is 58.3 Å². The van der Waals surface area contributed by atoms with E-state index < -0.39 is 0 Å². The normalized spacial score (nSPS) is 11.9. The Morgan fingerprint density at radius 1 is 0.786 bits per heavy atom. The molecule has 0 saturated heterocycles. The third-order valence-corrected chi connectivity index (χ3v) is 2.73. The highest BCUT2D eigenvalue weighted by molar-refractivity contribution is 14.1. The van der Waals surface area contributed by atoms with Crippen molar-refractivity contribution in [1.29, 1.82) is 0 Å². The molecule has 0 radical (unpaired) electrons. The molecule has 0 aliphatic carbocycles. The van der Waals surface area contributed by atoms with Gasteiger partial charge in [0.1, 0.15) is 0 Å². The highest BCUT2D eigenvalue weighted by Crippen LogP contribution is 2.04. The maximum absolute atomic E-state index is 2.35. The van der Waals surface area contributed by atoms with Crippen LogP contribution < -0.4 is 0 Å². The van der Waals surface area contributed by atoms with Crippen LogP contribution in [0.15, 0.2) is 22.3 Å². The van der Waals surface area contributed by atoms with E-state index in [1.165, 1.54) is 51.4 Å². The summed E-state index contributed by atoms with van der Waals surface area (Å²) in [5, 5.41) is 0. The van der Waals surface area contributed by atoms with Gasteiger partial charge in [-0.3, -0.25) is 0 Å². The van der Waals surface area contributed by atoms with E-state index in [2.05, 4.69) is 51.8 Å². The van der Waals surface area contributed by atoms with E-state index in [9.17, 15) is 0 Å². The van der Waals surface area contributed by atoms with Crippen molar-refractivity contribution in [3.8, 4) is 0 Å². The summed E-state index contributed by atoms with van der Waals surface area (Å²) in [7, 11) is 0. The van der Waals surface area contributed by atoms with E-state index in [4.69, 9.17) is 0 Å². The van der Waals surface area contributed by atoms with Crippen LogP contribution in [0.1, 0.15) is 58.3 Å². The number of halogens is 1. The van der Waals surface area contributed by atoms with Crippen LogP contribution in [0.3, 0.4) is 0 Å². The summed E-state index contributed by atoms with van der Waals surface area (Å²) < 4.78 is 2.10. The molecule has 0 heterocycles. The van der Waals surface area contributed by atoms with Crippen molar-refractivity contribution in [2.75, 3.05) is 0 Å². The van der Waals surface area contributed by atoms with Crippen LogP contribution in [0.25, 0.3) is 0 Å². The molecule has 0 amide bonds. The Bertz CT molecular complexity index is 147. The van der Waals surface area contributed by atoms with Crippen LogP contribution in [-0.4, -0.2) is 0 Å². The minimum absolute atomic E-state index is 1.23. The zero-order chi connectivity index (χ0) is 10.5. The molecule has 0 aromatic carbocycles. The summed E-state index contributed by atoms with van der Waals surface area (Å²) in [6.45, 7) is 2.26. The molecule has 14 heavy (non-hydrogen) atoms. The molecule has 82 valence electrons. The monoisotopic (exact) mass is 306 g/mol. The topological polar surface area (TPSA) is 0 Å². The fourth-order valence-electron chi connectivity index (χ4n) is 1.34. The Morgan fingerprint density at radius 3 is 2.07 bits per heavy atom. The molecular formula is C13H23I. The second kappa shape index (κ2) is 13.2. The van der Waals surface area contributed by atoms with Gasteiger partial charge in [-0.1, -0.05) is 67.0 Å². The molecule has 0 rings (SSSR count). The van der Waals surface area contributed by atoms with Crippen LogP contribution >= 0.6 is 22.6 Å². The van der Waals surface area contributed by atoms with Gasteiger partial charge < -0.3 is 0 Å². The number of rotatable bonds is 9. The van der Waals surface area contributed by atoms with E-state index in [1.807, 2.05) is 0 Å². The zero-order valence-electron chi connectivity index (χ0n) is 9.34. The van der Waals surface area contributed by atoms with Crippen molar-refractivity contribution in [1.82, 2.24) is 0 Å². The first-order valence-electron chi connectivity index (χ1n) is 5.82. The highest BCUT2D eigenvalue weighted by atomic mass is 127. The van der Waals surface area contributed by atoms with Crippen LogP contribution in [0.2, 0.25) is 0 Å². The summed E-state index contributed by atoms with van der Waals surface area (Å²) in [6, 6.07) is 0. The van der Waals surface area contributed by atoms with Crippen LogP contribution in [0, 0.1) is 0 Å². The predicted octanol–water partition coefficient (Wildman–Crippen LogP) is 5.63. The molecule has 0 unspecified atom stereocenters. The molecule has 0 aromatic rings. The average molecular weight is 306 g/mol. The van der Waals surface area contributed by atoms with E-state index in [1.54, 1.807) is 0 Å². The number of unbranched alkanes of at least 4 members (excludes halogenated alkanes) is 6. The van der Waals surface area contributed by atoms with Crippen molar-refractivity contribution < 1.29 is 0 Å². The maximum atomic E-state index is 2.35. The molecule has 0 spiro atoms. The molecule has 0 aromatic heterocycles. The number of hydrogen-bond acceptors (Lipinski definition) is 0. The van der Waals surface area contributed by atoms with Gasteiger partial charge in [-0.25, -0.2) is 0 Å². The Labute approximate surface area is 103 Å². The van der Waals surface area contributed by atoms with E-state index >= 15 is 0 Å². The van der Waals surface area contributed by atoms with Crippen LogP contribution in [-0.2, 0) is 0 Å². The average Bonchev–Trinajstić information content (AvgIpc) is 2.21. The fourth-order valence-corrected chi connectivity index (χ4v) is 1.70. The van der Waals surface area contributed by atoms with Gasteiger partial charge in [0, 0.05) is 0 Å². The van der Waals surface area contributed by atoms with Gasteiger partial charge in [-0.2, -0.15) is 0 Å². The Morgan fingerprint density at radius 2 is 1.43 bits per heavy atom. The maximum Gasteiger partial charge on any atom is -0.0274 e. The zero-order valence-corrected chi connectivity index (χ0v) is 11.5. The lowest BCUT2D eigenvalue weighted by Crippen LogP contribution is -1.74. The molecule has 1 heteroatoms. The quantitative estimate of drug-likeness (QED) is 0.294. The fraction of sp³-hybridized carbons (Fsp3) is 0.692. The van der Waals surface area contributed by atoms with Crippen LogP contribution in [0.5, 0.6) is 0 Å². The van der Waals surface area contributed by atoms with Crippen LogP contribution in [0.4, 0.5) is 0 Å². The lowest BCUT2D eigenvalue weighted by atomic mass is 10.1. The third-order valence-electron chi connectivity index (χ3n) is 2.22. The first kappa shape index (κ1) is 14.2. The number of allylic oxidation sites excluding steroid dienone is 3. The SMILES string of the molecule is CCCCCC/C=C\CCC/C=C/I. The minimum Gasteiger partial charge on any atom is -0.0885 e. The lowest BCUT2D eigenvalue weighted by Gasteiger charge is -1.94. The molecule has 0 nitrogen and oxygen atoms in total. The van der Waals surface area contributed by atoms with Gasteiger partial charge in [0.05, 0.1) is 0 Å². The standard InChI is InChI=1S/C13H23I/c1-2-3-4-5-6-7-8-9-10-11-12-13-14/h7-8,12-13H,2-6,9-11H2,1H3/b8-7-,13-12+. The molecule has 0 bridgehead atoms. The number of hydrogen-bond donors (Lipinski definition) is 0. The first-order valence-corrected chi connectivity index (χ1v) is 7.06. The largest absolute Gasteiger partial charge is 0.0885 e. The van der Waals surface area contributed by atoms with Crippen molar-refractivity contribution in [2.24, 2.45) is 0 Å². The summed E-state index contributed by atoms with van der Waals surface area (Å²) >= 11 is 2.28. The third kappa shape index (κ3) is 12.2. The Balaban J connectivity index is 3.03. The summed E-state index contributed by atoms with van der Waals surface area (Å²) in [5.41, 5.74) is 0. The van der Waals surface area contributed by atoms with E-state index in [0.717, 1.165) is 0 Å². The molecule has 0 aliphatic heterocycles. The van der Waals surface area contributed by atoms with Gasteiger partial charge in [-0.15, -0.1) is 0 Å². The Kier molecular flexibility index (Phi) is 13.4. The summed E-state index contributed by atoms with van der Waals surface area (Å²) in [5.74, 6) is 0. The van der Waals surface area contributed by atoms with Crippen molar-refractivity contribution in [3.63, 3.8) is 0 Å². The highest BCUT2D eigenvalue weighted by Gasteiger charge is 1.84. The van der Waals surface area contributed by atoms with E-state index in [-0.39, 0.29) is 0 Å². The van der Waals surface area contributed by atoms with Gasteiger partial charge in [0.25, 0.3) is 0 Å². The smallest absolute Gasteiger partial charge is 0.0274 e. The predicted molar refractivity (Wildman–Crippen MR) is 74.9 cm³/mol. The van der Waals surface area contributed by atoms with Gasteiger partial charge >= 0.3 is 0 Å². The molecule has 0 aliphatic rings. The lowest BCUT2D eigenvalue weighted by molar-refractivity contribution is 0.673. The second-order valence-electron chi connectivity index (χ2n) is 3.61. The van der Waals surface area contributed by atoms with Gasteiger partial charge in [-0.05, 0) is 36.2 Å². The Hall–Kier alpha value is 0.210. The molecule has 0 saturated carbocycles. The molecular weight excluding hydrogens is 283 g/mol. The van der Waals surface area contributed by atoms with Gasteiger partial charge in [0.15, 0.2) is 0 Å². The molecule has 0 atom stereocenters. The second-order valence-corrected chi connectivity index (χ2v) is 4.33. The molecule has 0 N–H and O–H groups in total. The van der Waals surface area contributed by atoms with Crippen molar-refractivity contribution >= 4 is 22.6 Å². The summed E-state index contributed by atoms with van der Waals surface area (Å²) in [6.07, 6.45) is 17.5. The molecule has 0 fully saturated rings. The summed E-state index contributed by atoms with van der Waals surface area (Å²) in [4.78, 5) is 0. The minimum atomic E-state index is 1.23.